The summed E-state index contributed by atoms with van der Waals surface area (Å²) in [6.45, 7) is 7.22. The van der Waals surface area contributed by atoms with Crippen molar-refractivity contribution in [2.75, 3.05) is 20.3 Å². The number of aryl methyl sites for hydroxylation is 1. The van der Waals surface area contributed by atoms with E-state index in [2.05, 4.69) is 31.1 Å². The number of fused-ring (bicyclic) bond motifs is 3. The number of alkyl carbamates (subject to hydrolysis) is 1. The molecule has 5 atom stereocenters. The van der Waals surface area contributed by atoms with Crippen LogP contribution in [0.2, 0.25) is 0 Å². The average molecular weight is 928 g/mol. The summed E-state index contributed by atoms with van der Waals surface area (Å²) in [4.78, 5) is 61.9. The predicted octanol–water partition coefficient (Wildman–Crippen LogP) is 4.53. The number of cyclic esters (lactones) is 1. The minimum Gasteiger partial charge on any atom is -0.496 e. The summed E-state index contributed by atoms with van der Waals surface area (Å²) >= 11 is 0. The van der Waals surface area contributed by atoms with Crippen LogP contribution in [0.3, 0.4) is 0 Å². The van der Waals surface area contributed by atoms with E-state index < -0.39 is 95.7 Å². The summed E-state index contributed by atoms with van der Waals surface area (Å²) in [5.74, 6) is -4.37. The second-order valence-electron chi connectivity index (χ2n) is 17.9. The second kappa shape index (κ2) is 17.3. The molecular weight excluding hydrogens is 876 g/mol. The SMILES string of the molecule is C=C[C@@H]1C[C@]1(NC(=O)[C@@H]1C[C@@H]2CN1C(=O)[C@H](C1CCCCC1)NC(=O)OCC(C)(C)CCCc1cc3c(cc(OS(=O)(=O)C(F)(F)F)nc3cc1OC)O2)C(=O)NS(=O)(=O)C1CC1. The number of amides is 4. The van der Waals surface area contributed by atoms with E-state index in [0.717, 1.165) is 25.3 Å². The van der Waals surface area contributed by atoms with Gasteiger partial charge in [0.2, 0.25) is 27.7 Å². The van der Waals surface area contributed by atoms with E-state index >= 15 is 0 Å². The molecular formula is C41H52F3N5O12S2. The van der Waals surface area contributed by atoms with Gasteiger partial charge in [-0.25, -0.2) is 18.2 Å². The highest BCUT2D eigenvalue weighted by atomic mass is 32.2. The number of nitrogens with one attached hydrogen (secondary N) is 3. The maximum Gasteiger partial charge on any atom is 0.534 e. The predicted molar refractivity (Wildman–Crippen MR) is 219 cm³/mol. The summed E-state index contributed by atoms with van der Waals surface area (Å²) in [5.41, 5.74) is -7.48. The van der Waals surface area contributed by atoms with Crippen molar-refractivity contribution in [2.24, 2.45) is 17.3 Å². The molecule has 0 unspecified atom stereocenters. The number of ether oxygens (including phenoxy) is 3. The molecule has 3 N–H and O–H groups in total. The Hall–Kier alpha value is -4.86. The quantitative estimate of drug-likeness (QED) is 0.169. The van der Waals surface area contributed by atoms with E-state index in [9.17, 15) is 49.2 Å². The Labute approximate surface area is 363 Å². The summed E-state index contributed by atoms with van der Waals surface area (Å²) in [7, 11) is -8.84. The maximum atomic E-state index is 14.9. The van der Waals surface area contributed by atoms with Crippen molar-refractivity contribution in [3.05, 3.63) is 36.4 Å². The molecule has 4 bridgehead atoms. The molecule has 5 aliphatic rings. The lowest BCUT2D eigenvalue weighted by Crippen LogP contribution is -2.59. The van der Waals surface area contributed by atoms with E-state index in [1.165, 1.54) is 24.2 Å². The van der Waals surface area contributed by atoms with Crippen molar-refractivity contribution in [3.8, 4) is 17.4 Å². The van der Waals surface area contributed by atoms with Gasteiger partial charge in [-0.3, -0.25) is 19.1 Å². The number of benzene rings is 1. The Morgan fingerprint density at radius 1 is 1.05 bits per heavy atom. The van der Waals surface area contributed by atoms with Crippen molar-refractivity contribution in [2.45, 2.75) is 125 Å². The first-order valence-corrected chi connectivity index (χ1v) is 24.0. The number of sulfonamides is 1. The summed E-state index contributed by atoms with van der Waals surface area (Å²) in [6, 6.07) is 1.36. The smallest absolute Gasteiger partial charge is 0.496 e. The topological polar surface area (TPSA) is 226 Å². The summed E-state index contributed by atoms with van der Waals surface area (Å²) in [5, 5.41) is 4.97. The Kier molecular flexibility index (Phi) is 12.6. The molecule has 2 aromatic rings. The second-order valence-corrected chi connectivity index (χ2v) is 21.4. The standard InChI is InChI=1S/C41H52F3N5O12S2/c1-5-25-20-40(25,37(52)48-62(54,55)27-13-14-27)47-35(50)30-17-26-21-49(30)36(51)34(23-10-7-6-8-11-23)46-38(53)59-22-39(2,3)15-9-12-24-16-28-29(18-31(24)58-4)45-33(19-32(28)60-26)61-63(56,57)41(42,43)44/h5,16,18-19,23,25-27,30,34H,1,6-15,17,20-22H2,2-4H3,(H,46,53)(H,47,50)(H,48,52)/t25-,26-,30+,34+,40-/m1/s1. The molecule has 1 saturated heterocycles. The van der Waals surface area contributed by atoms with Gasteiger partial charge in [-0.15, -0.1) is 6.58 Å². The average Bonchev–Trinajstić information content (AvgIpc) is 4.15. The van der Waals surface area contributed by atoms with Gasteiger partial charge in [0, 0.05) is 29.9 Å². The van der Waals surface area contributed by atoms with Gasteiger partial charge >= 0.3 is 21.7 Å². The van der Waals surface area contributed by atoms with Crippen molar-refractivity contribution in [1.29, 1.82) is 0 Å². The Bertz CT molecular complexity index is 2390. The van der Waals surface area contributed by atoms with Gasteiger partial charge in [0.15, 0.2) is 0 Å². The number of alkyl halides is 3. The van der Waals surface area contributed by atoms with Crippen molar-refractivity contribution >= 4 is 54.9 Å². The molecule has 22 heteroatoms. The zero-order valence-corrected chi connectivity index (χ0v) is 36.8. The third-order valence-corrected chi connectivity index (χ3v) is 15.3. The fourth-order valence-electron chi connectivity index (χ4n) is 8.79. The van der Waals surface area contributed by atoms with Crippen LogP contribution in [0.5, 0.6) is 17.4 Å². The Morgan fingerprint density at radius 3 is 2.40 bits per heavy atom. The molecule has 3 aliphatic carbocycles. The maximum absolute atomic E-state index is 14.9. The minimum atomic E-state index is -6.19. The normalized spacial score (nSPS) is 27.2. The third kappa shape index (κ3) is 9.95. The molecule has 7 rings (SSSR count). The van der Waals surface area contributed by atoms with Crippen LogP contribution in [0.4, 0.5) is 18.0 Å². The lowest BCUT2D eigenvalue weighted by molar-refractivity contribution is -0.142. The van der Waals surface area contributed by atoms with Crippen LogP contribution < -0.4 is 29.0 Å². The number of hydrogen-bond acceptors (Lipinski definition) is 13. The van der Waals surface area contributed by atoms with E-state index in [1.807, 2.05) is 13.8 Å². The van der Waals surface area contributed by atoms with Crippen LogP contribution in [-0.4, -0.2) is 105 Å². The molecule has 0 radical (unpaired) electrons. The largest absolute Gasteiger partial charge is 0.534 e. The number of methoxy groups -OCH3 is 1. The fourth-order valence-corrected chi connectivity index (χ4v) is 10.6. The van der Waals surface area contributed by atoms with Crippen LogP contribution in [0.1, 0.15) is 90.0 Å². The molecule has 2 aliphatic heterocycles. The third-order valence-electron chi connectivity index (χ3n) is 12.6. The zero-order valence-electron chi connectivity index (χ0n) is 35.1. The number of aromatic nitrogens is 1. The molecule has 17 nitrogen and oxygen atoms in total. The molecule has 0 spiro atoms. The van der Waals surface area contributed by atoms with Crippen LogP contribution >= 0.6 is 0 Å². The first-order chi connectivity index (χ1) is 29.6. The number of carbonyl (C=O) groups is 4. The molecule has 1 aromatic heterocycles. The van der Waals surface area contributed by atoms with Gasteiger partial charge in [-0.05, 0) is 74.3 Å². The molecule has 346 valence electrons. The van der Waals surface area contributed by atoms with Crippen LogP contribution in [0, 0.1) is 17.3 Å². The van der Waals surface area contributed by atoms with Crippen molar-refractivity contribution < 1.29 is 67.6 Å². The Morgan fingerprint density at radius 2 is 1.76 bits per heavy atom. The Balaban J connectivity index is 1.30. The highest BCUT2D eigenvalue weighted by Gasteiger charge is 2.62. The number of rotatable bonds is 10. The lowest BCUT2D eigenvalue weighted by Gasteiger charge is -2.35. The van der Waals surface area contributed by atoms with Gasteiger partial charge in [-0.2, -0.15) is 21.6 Å². The first-order valence-electron chi connectivity index (χ1n) is 21.0. The van der Waals surface area contributed by atoms with Crippen molar-refractivity contribution in [3.63, 3.8) is 0 Å². The van der Waals surface area contributed by atoms with Gasteiger partial charge in [0.05, 0.1) is 31.0 Å². The molecule has 3 saturated carbocycles. The lowest BCUT2D eigenvalue weighted by atomic mass is 9.83. The number of nitrogens with zero attached hydrogens (tertiary/aromatic N) is 2. The number of hydrogen-bond donors (Lipinski definition) is 3. The van der Waals surface area contributed by atoms with E-state index in [4.69, 9.17) is 14.2 Å². The molecule has 4 fully saturated rings. The molecule has 63 heavy (non-hydrogen) atoms. The van der Waals surface area contributed by atoms with E-state index in [0.29, 0.717) is 50.5 Å². The molecule has 4 amide bonds. The van der Waals surface area contributed by atoms with Crippen LogP contribution in [-0.2, 0) is 45.7 Å². The minimum absolute atomic E-state index is 0.00725. The van der Waals surface area contributed by atoms with E-state index in [-0.39, 0.29) is 54.3 Å². The highest BCUT2D eigenvalue weighted by Crippen LogP contribution is 2.46. The molecule has 1 aromatic carbocycles. The van der Waals surface area contributed by atoms with Gasteiger partial charge in [0.25, 0.3) is 5.91 Å². The number of halogens is 3. The highest BCUT2D eigenvalue weighted by molar-refractivity contribution is 7.91. The van der Waals surface area contributed by atoms with Gasteiger partial charge < -0.3 is 33.9 Å². The van der Waals surface area contributed by atoms with Crippen LogP contribution in [0.25, 0.3) is 10.9 Å². The zero-order chi connectivity index (χ0) is 45.7. The first kappa shape index (κ1) is 46.1. The monoisotopic (exact) mass is 927 g/mol. The number of carbonyl (C=O) groups excluding carboxylic acids is 4. The van der Waals surface area contributed by atoms with Gasteiger partial charge in [-0.1, -0.05) is 39.2 Å². The summed E-state index contributed by atoms with van der Waals surface area (Å²) < 4.78 is 115. The summed E-state index contributed by atoms with van der Waals surface area (Å²) in [6.07, 6.45) is 5.10. The van der Waals surface area contributed by atoms with E-state index in [1.54, 1.807) is 6.07 Å². The number of pyridine rings is 1. The molecule has 3 heterocycles. The van der Waals surface area contributed by atoms with Gasteiger partial charge in [0.1, 0.15) is 35.2 Å². The fraction of sp³-hybridized carbons (Fsp3) is 0.634. The van der Waals surface area contributed by atoms with Crippen molar-refractivity contribution in [1.82, 2.24) is 25.2 Å². The van der Waals surface area contributed by atoms with Crippen LogP contribution in [0.15, 0.2) is 30.9 Å².